The Morgan fingerprint density at radius 3 is 2.37 bits per heavy atom. The zero-order valence-corrected chi connectivity index (χ0v) is 11.7. The third-order valence-electron chi connectivity index (χ3n) is 3.43. The zero-order valence-electron chi connectivity index (χ0n) is 11.7. The molecule has 2 aromatic carbocycles. The third-order valence-corrected chi connectivity index (χ3v) is 3.43. The van der Waals surface area contributed by atoms with Gasteiger partial charge in [0.15, 0.2) is 0 Å². The summed E-state index contributed by atoms with van der Waals surface area (Å²) >= 11 is 0. The first-order chi connectivity index (χ1) is 9.10. The highest BCUT2D eigenvalue weighted by atomic mass is 19.1. The van der Waals surface area contributed by atoms with Crippen LogP contribution in [-0.4, -0.2) is 0 Å². The summed E-state index contributed by atoms with van der Waals surface area (Å²) < 4.78 is 13.2. The Balaban J connectivity index is 2.10. The Bertz CT molecular complexity index is 546. The second-order valence-electron chi connectivity index (χ2n) is 4.93. The summed E-state index contributed by atoms with van der Waals surface area (Å²) in [6.45, 7) is 6.04. The Labute approximate surface area is 114 Å². The van der Waals surface area contributed by atoms with Crippen molar-refractivity contribution >= 4 is 5.69 Å². The quantitative estimate of drug-likeness (QED) is 0.824. The van der Waals surface area contributed by atoms with Gasteiger partial charge in [-0.25, -0.2) is 4.39 Å². The lowest BCUT2D eigenvalue weighted by molar-refractivity contribution is 0.618. The fraction of sp³-hybridized carbons (Fsp3) is 0.294. The van der Waals surface area contributed by atoms with Crippen LogP contribution in [0.2, 0.25) is 0 Å². The van der Waals surface area contributed by atoms with E-state index in [1.165, 1.54) is 17.2 Å². The van der Waals surface area contributed by atoms with Crippen molar-refractivity contribution in [2.75, 3.05) is 5.32 Å². The van der Waals surface area contributed by atoms with Gasteiger partial charge in [-0.3, -0.25) is 0 Å². The van der Waals surface area contributed by atoms with E-state index < -0.39 is 0 Å². The maximum atomic E-state index is 13.2. The van der Waals surface area contributed by atoms with Gasteiger partial charge in [-0.2, -0.15) is 0 Å². The minimum Gasteiger partial charge on any atom is -0.379 e. The molecule has 0 aliphatic rings. The molecule has 2 heteroatoms. The van der Waals surface area contributed by atoms with Gasteiger partial charge in [0.25, 0.3) is 0 Å². The van der Waals surface area contributed by atoms with E-state index in [-0.39, 0.29) is 11.9 Å². The Morgan fingerprint density at radius 2 is 1.79 bits per heavy atom. The Hall–Kier alpha value is -1.83. The molecule has 0 amide bonds. The molecule has 0 aliphatic carbocycles. The molecule has 0 heterocycles. The van der Waals surface area contributed by atoms with Crippen LogP contribution in [0.5, 0.6) is 0 Å². The van der Waals surface area contributed by atoms with Crippen LogP contribution in [0.3, 0.4) is 0 Å². The van der Waals surface area contributed by atoms with E-state index in [4.69, 9.17) is 0 Å². The smallest absolute Gasteiger partial charge is 0.126 e. The van der Waals surface area contributed by atoms with Crippen molar-refractivity contribution in [3.8, 4) is 0 Å². The molecule has 1 nitrogen and oxygen atoms in total. The first kappa shape index (κ1) is 13.6. The van der Waals surface area contributed by atoms with Gasteiger partial charge in [0, 0.05) is 11.7 Å². The van der Waals surface area contributed by atoms with E-state index in [0.717, 1.165) is 12.1 Å². The average Bonchev–Trinajstić information content (AvgIpc) is 2.43. The van der Waals surface area contributed by atoms with Crippen molar-refractivity contribution in [3.05, 3.63) is 65.0 Å². The van der Waals surface area contributed by atoms with Crippen LogP contribution in [0, 0.1) is 12.7 Å². The van der Waals surface area contributed by atoms with Crippen LogP contribution in [0.15, 0.2) is 42.5 Å². The molecule has 1 unspecified atom stereocenters. The Morgan fingerprint density at radius 1 is 1.11 bits per heavy atom. The Kier molecular flexibility index (Phi) is 4.20. The first-order valence-corrected chi connectivity index (χ1v) is 6.71. The average molecular weight is 257 g/mol. The van der Waals surface area contributed by atoms with Crippen molar-refractivity contribution in [2.24, 2.45) is 0 Å². The van der Waals surface area contributed by atoms with Crippen molar-refractivity contribution < 1.29 is 4.39 Å². The molecule has 0 radical (unpaired) electrons. The topological polar surface area (TPSA) is 12.0 Å². The number of hydrogen-bond acceptors (Lipinski definition) is 1. The fourth-order valence-corrected chi connectivity index (χ4v) is 2.11. The largest absolute Gasteiger partial charge is 0.379 e. The molecule has 0 saturated heterocycles. The van der Waals surface area contributed by atoms with E-state index in [0.29, 0.717) is 5.56 Å². The van der Waals surface area contributed by atoms with E-state index in [1.807, 2.05) is 6.07 Å². The number of halogens is 1. The number of rotatable bonds is 4. The summed E-state index contributed by atoms with van der Waals surface area (Å²) in [5.41, 5.74) is 4.19. The third kappa shape index (κ3) is 3.34. The summed E-state index contributed by atoms with van der Waals surface area (Å²) in [6.07, 6.45) is 1.05. The summed E-state index contributed by atoms with van der Waals surface area (Å²) in [7, 11) is 0. The number of benzene rings is 2. The molecule has 2 rings (SSSR count). The summed E-state index contributed by atoms with van der Waals surface area (Å²) in [5.74, 6) is -0.162. The number of hydrogen-bond donors (Lipinski definition) is 1. The van der Waals surface area contributed by atoms with Gasteiger partial charge < -0.3 is 5.32 Å². The SMILES string of the molecule is CCc1ccc(C(C)Nc2ccc(F)c(C)c2)cc1. The van der Waals surface area contributed by atoms with Crippen LogP contribution in [-0.2, 0) is 6.42 Å². The van der Waals surface area contributed by atoms with Gasteiger partial charge >= 0.3 is 0 Å². The lowest BCUT2D eigenvalue weighted by Gasteiger charge is -2.16. The normalized spacial score (nSPS) is 12.2. The van der Waals surface area contributed by atoms with Gasteiger partial charge in [-0.05, 0) is 55.2 Å². The summed E-state index contributed by atoms with van der Waals surface area (Å²) in [6, 6.07) is 13.9. The molecule has 0 bridgehead atoms. The number of nitrogens with one attached hydrogen (secondary N) is 1. The minimum absolute atomic E-state index is 0.162. The molecule has 2 aromatic rings. The van der Waals surface area contributed by atoms with Crippen LogP contribution in [0.1, 0.15) is 36.6 Å². The van der Waals surface area contributed by atoms with Crippen molar-refractivity contribution in [3.63, 3.8) is 0 Å². The summed E-state index contributed by atoms with van der Waals surface area (Å²) in [4.78, 5) is 0. The molecule has 0 saturated carbocycles. The molecular formula is C17H20FN. The monoisotopic (exact) mass is 257 g/mol. The molecule has 0 aromatic heterocycles. The molecule has 1 N–H and O–H groups in total. The van der Waals surface area contributed by atoms with E-state index in [9.17, 15) is 4.39 Å². The van der Waals surface area contributed by atoms with E-state index in [2.05, 4.69) is 43.4 Å². The standard InChI is InChI=1S/C17H20FN/c1-4-14-5-7-15(8-6-14)13(3)19-16-9-10-17(18)12(2)11-16/h5-11,13,19H,4H2,1-3H3. The van der Waals surface area contributed by atoms with Crippen LogP contribution < -0.4 is 5.32 Å². The highest BCUT2D eigenvalue weighted by Gasteiger charge is 2.06. The van der Waals surface area contributed by atoms with Gasteiger partial charge in [-0.1, -0.05) is 31.2 Å². The number of anilines is 1. The second kappa shape index (κ2) is 5.87. The molecule has 1 atom stereocenters. The van der Waals surface area contributed by atoms with Gasteiger partial charge in [0.2, 0.25) is 0 Å². The second-order valence-corrected chi connectivity index (χ2v) is 4.93. The first-order valence-electron chi connectivity index (χ1n) is 6.71. The molecule has 100 valence electrons. The molecular weight excluding hydrogens is 237 g/mol. The highest BCUT2D eigenvalue weighted by Crippen LogP contribution is 2.21. The van der Waals surface area contributed by atoms with Crippen molar-refractivity contribution in [2.45, 2.75) is 33.2 Å². The van der Waals surface area contributed by atoms with Gasteiger partial charge in [0.05, 0.1) is 0 Å². The molecule has 0 aliphatic heterocycles. The predicted octanol–water partition coefficient (Wildman–Crippen LogP) is 4.87. The minimum atomic E-state index is -0.162. The molecule has 0 fully saturated rings. The zero-order chi connectivity index (χ0) is 13.8. The maximum absolute atomic E-state index is 13.2. The van der Waals surface area contributed by atoms with Crippen LogP contribution in [0.25, 0.3) is 0 Å². The van der Waals surface area contributed by atoms with Crippen molar-refractivity contribution in [1.82, 2.24) is 0 Å². The maximum Gasteiger partial charge on any atom is 0.126 e. The van der Waals surface area contributed by atoms with Gasteiger partial charge in [-0.15, -0.1) is 0 Å². The lowest BCUT2D eigenvalue weighted by Crippen LogP contribution is -2.07. The van der Waals surface area contributed by atoms with Crippen molar-refractivity contribution in [1.29, 1.82) is 0 Å². The fourth-order valence-electron chi connectivity index (χ4n) is 2.11. The highest BCUT2D eigenvalue weighted by molar-refractivity contribution is 5.48. The molecule has 19 heavy (non-hydrogen) atoms. The number of aryl methyl sites for hydroxylation is 2. The molecule has 0 spiro atoms. The van der Waals surface area contributed by atoms with E-state index >= 15 is 0 Å². The van der Waals surface area contributed by atoms with Crippen LogP contribution in [0.4, 0.5) is 10.1 Å². The van der Waals surface area contributed by atoms with E-state index in [1.54, 1.807) is 13.0 Å². The summed E-state index contributed by atoms with van der Waals surface area (Å²) in [5, 5.41) is 3.40. The predicted molar refractivity (Wildman–Crippen MR) is 79.0 cm³/mol. The van der Waals surface area contributed by atoms with Gasteiger partial charge in [0.1, 0.15) is 5.82 Å². The lowest BCUT2D eigenvalue weighted by atomic mass is 10.0. The van der Waals surface area contributed by atoms with Crippen LogP contribution >= 0.6 is 0 Å².